The van der Waals surface area contributed by atoms with Crippen molar-refractivity contribution in [2.24, 2.45) is 5.73 Å². The molecule has 1 fully saturated rings. The minimum atomic E-state index is 0.0597. The van der Waals surface area contributed by atoms with Gasteiger partial charge in [0.25, 0.3) is 0 Å². The van der Waals surface area contributed by atoms with Crippen LogP contribution in [0.5, 0.6) is 5.75 Å². The van der Waals surface area contributed by atoms with Crippen LogP contribution < -0.4 is 15.8 Å². The SMILES string of the molecule is COc1ccc(C(N)=S)cc1CN(C)CC(=O)NC1CC1. The Hall–Kier alpha value is -1.66. The number of nitrogens with two attached hydrogens (primary N) is 1. The van der Waals surface area contributed by atoms with E-state index in [1.807, 2.05) is 30.1 Å². The fourth-order valence-corrected chi connectivity index (χ4v) is 2.28. The van der Waals surface area contributed by atoms with Gasteiger partial charge in [0, 0.05) is 23.7 Å². The summed E-state index contributed by atoms with van der Waals surface area (Å²) in [7, 11) is 3.53. The molecule has 0 bridgehead atoms. The molecule has 1 aliphatic carbocycles. The lowest BCUT2D eigenvalue weighted by Crippen LogP contribution is -2.36. The molecule has 1 aromatic rings. The van der Waals surface area contributed by atoms with Crippen LogP contribution in [0.15, 0.2) is 18.2 Å². The van der Waals surface area contributed by atoms with Crippen molar-refractivity contribution in [3.63, 3.8) is 0 Å². The maximum Gasteiger partial charge on any atom is 0.234 e. The van der Waals surface area contributed by atoms with E-state index < -0.39 is 0 Å². The summed E-state index contributed by atoms with van der Waals surface area (Å²) >= 11 is 5.00. The Bertz CT molecular complexity index is 544. The molecule has 0 aliphatic heterocycles. The maximum atomic E-state index is 11.8. The first kappa shape index (κ1) is 15.7. The first-order valence-electron chi connectivity index (χ1n) is 6.94. The zero-order valence-corrected chi connectivity index (χ0v) is 13.2. The van der Waals surface area contributed by atoms with Crippen molar-refractivity contribution < 1.29 is 9.53 Å². The molecule has 1 aliphatic rings. The van der Waals surface area contributed by atoms with Crippen molar-refractivity contribution in [1.29, 1.82) is 0 Å². The van der Waals surface area contributed by atoms with Crippen LogP contribution in [-0.2, 0) is 11.3 Å². The number of benzene rings is 1. The second-order valence-corrected chi connectivity index (χ2v) is 5.84. The van der Waals surface area contributed by atoms with E-state index in [1.54, 1.807) is 7.11 Å². The van der Waals surface area contributed by atoms with Crippen molar-refractivity contribution in [2.45, 2.75) is 25.4 Å². The fourth-order valence-electron chi connectivity index (χ4n) is 2.15. The van der Waals surface area contributed by atoms with Gasteiger partial charge in [-0.15, -0.1) is 0 Å². The van der Waals surface area contributed by atoms with Gasteiger partial charge in [-0.3, -0.25) is 9.69 Å². The largest absolute Gasteiger partial charge is 0.496 e. The lowest BCUT2D eigenvalue weighted by Gasteiger charge is -2.18. The van der Waals surface area contributed by atoms with Gasteiger partial charge in [0.2, 0.25) is 5.91 Å². The lowest BCUT2D eigenvalue weighted by atomic mass is 10.1. The minimum absolute atomic E-state index is 0.0597. The predicted octanol–water partition coefficient (Wildman–Crippen LogP) is 1.04. The number of carbonyl (C=O) groups is 1. The van der Waals surface area contributed by atoms with Crippen LogP contribution in [0.1, 0.15) is 24.0 Å². The van der Waals surface area contributed by atoms with Gasteiger partial charge in [0.15, 0.2) is 0 Å². The molecule has 1 saturated carbocycles. The highest BCUT2D eigenvalue weighted by Crippen LogP contribution is 2.22. The Morgan fingerprint density at radius 3 is 2.81 bits per heavy atom. The Morgan fingerprint density at radius 1 is 1.52 bits per heavy atom. The summed E-state index contributed by atoms with van der Waals surface area (Å²) in [5.41, 5.74) is 7.43. The summed E-state index contributed by atoms with van der Waals surface area (Å²) in [6.07, 6.45) is 2.19. The maximum absolute atomic E-state index is 11.8. The molecule has 0 heterocycles. The number of methoxy groups -OCH3 is 1. The number of rotatable bonds is 7. The monoisotopic (exact) mass is 307 g/mol. The topological polar surface area (TPSA) is 67.6 Å². The third-order valence-electron chi connectivity index (χ3n) is 3.36. The summed E-state index contributed by atoms with van der Waals surface area (Å²) in [4.78, 5) is 14.1. The third kappa shape index (κ3) is 4.68. The molecule has 3 N–H and O–H groups in total. The van der Waals surface area contributed by atoms with E-state index in [1.165, 1.54) is 0 Å². The molecule has 0 radical (unpaired) electrons. The average molecular weight is 307 g/mol. The normalized spacial score (nSPS) is 14.0. The number of ether oxygens (including phenoxy) is 1. The summed E-state index contributed by atoms with van der Waals surface area (Å²) < 4.78 is 5.35. The number of thiocarbonyl (C=S) groups is 1. The van der Waals surface area contributed by atoms with Crippen LogP contribution in [0.25, 0.3) is 0 Å². The Labute approximate surface area is 130 Å². The number of carbonyl (C=O) groups excluding carboxylic acids is 1. The summed E-state index contributed by atoms with van der Waals surface area (Å²) in [5, 5.41) is 2.98. The molecule has 1 aromatic carbocycles. The molecule has 1 amide bonds. The third-order valence-corrected chi connectivity index (χ3v) is 3.60. The van der Waals surface area contributed by atoms with Crippen molar-refractivity contribution in [3.8, 4) is 5.75 Å². The summed E-state index contributed by atoms with van der Waals surface area (Å²) in [6.45, 7) is 0.953. The number of likely N-dealkylation sites (N-methyl/N-ethyl adjacent to an activating group) is 1. The molecule has 6 heteroatoms. The van der Waals surface area contributed by atoms with Gasteiger partial charge in [-0.25, -0.2) is 0 Å². The molecule has 5 nitrogen and oxygen atoms in total. The molecule has 114 valence electrons. The smallest absolute Gasteiger partial charge is 0.234 e. The molecule has 0 unspecified atom stereocenters. The van der Waals surface area contributed by atoms with E-state index in [4.69, 9.17) is 22.7 Å². The zero-order chi connectivity index (χ0) is 15.4. The second-order valence-electron chi connectivity index (χ2n) is 5.40. The number of hydrogen-bond donors (Lipinski definition) is 2. The number of amides is 1. The molecule has 0 spiro atoms. The van der Waals surface area contributed by atoms with Crippen molar-refractivity contribution in [2.75, 3.05) is 20.7 Å². The van der Waals surface area contributed by atoms with Crippen LogP contribution in [0.4, 0.5) is 0 Å². The number of nitrogens with zero attached hydrogens (tertiary/aromatic N) is 1. The van der Waals surface area contributed by atoms with Gasteiger partial charge < -0.3 is 15.8 Å². The zero-order valence-electron chi connectivity index (χ0n) is 12.4. The minimum Gasteiger partial charge on any atom is -0.496 e. The van der Waals surface area contributed by atoms with Gasteiger partial charge in [0.1, 0.15) is 10.7 Å². The standard InChI is InChI=1S/C15H21N3O2S/c1-18(9-14(19)17-12-4-5-12)8-11-7-10(15(16)21)3-6-13(11)20-2/h3,6-7,12H,4-5,8-9H2,1-2H3,(H2,16,21)(H,17,19). The van der Waals surface area contributed by atoms with E-state index >= 15 is 0 Å². The highest BCUT2D eigenvalue weighted by Gasteiger charge is 2.23. The number of hydrogen-bond acceptors (Lipinski definition) is 4. The Balaban J connectivity index is 2.00. The average Bonchev–Trinajstić information content (AvgIpc) is 3.21. The van der Waals surface area contributed by atoms with Gasteiger partial charge in [-0.2, -0.15) is 0 Å². The molecule has 0 aromatic heterocycles. The summed E-state index contributed by atoms with van der Waals surface area (Å²) in [6, 6.07) is 5.99. The highest BCUT2D eigenvalue weighted by molar-refractivity contribution is 7.80. The fraction of sp³-hybridized carbons (Fsp3) is 0.467. The van der Waals surface area contributed by atoms with Gasteiger partial charge in [-0.05, 0) is 38.1 Å². The van der Waals surface area contributed by atoms with Crippen LogP contribution in [-0.4, -0.2) is 42.5 Å². The Kier molecular flexibility index (Phi) is 5.14. The highest BCUT2D eigenvalue weighted by atomic mass is 32.1. The number of nitrogens with one attached hydrogen (secondary N) is 1. The molecular weight excluding hydrogens is 286 g/mol. The second kappa shape index (κ2) is 6.87. The van der Waals surface area contributed by atoms with Crippen LogP contribution in [0, 0.1) is 0 Å². The molecule has 21 heavy (non-hydrogen) atoms. The predicted molar refractivity (Wildman–Crippen MR) is 86.4 cm³/mol. The first-order chi connectivity index (χ1) is 9.99. The van der Waals surface area contributed by atoms with Crippen LogP contribution >= 0.6 is 12.2 Å². The van der Waals surface area contributed by atoms with E-state index in [0.717, 1.165) is 29.7 Å². The van der Waals surface area contributed by atoms with E-state index in [2.05, 4.69) is 5.32 Å². The van der Waals surface area contributed by atoms with Gasteiger partial charge in [-0.1, -0.05) is 12.2 Å². The molecular formula is C15H21N3O2S. The van der Waals surface area contributed by atoms with Crippen molar-refractivity contribution in [3.05, 3.63) is 29.3 Å². The van der Waals surface area contributed by atoms with E-state index in [-0.39, 0.29) is 5.91 Å². The van der Waals surface area contributed by atoms with E-state index in [0.29, 0.717) is 24.1 Å². The van der Waals surface area contributed by atoms with Gasteiger partial charge in [0.05, 0.1) is 13.7 Å². The van der Waals surface area contributed by atoms with Crippen LogP contribution in [0.3, 0.4) is 0 Å². The van der Waals surface area contributed by atoms with Crippen LogP contribution in [0.2, 0.25) is 0 Å². The van der Waals surface area contributed by atoms with E-state index in [9.17, 15) is 4.79 Å². The lowest BCUT2D eigenvalue weighted by molar-refractivity contribution is -0.122. The molecule has 2 rings (SSSR count). The molecule has 0 saturated heterocycles. The summed E-state index contributed by atoms with van der Waals surface area (Å²) in [5.74, 6) is 0.828. The molecule has 0 atom stereocenters. The van der Waals surface area contributed by atoms with Crippen molar-refractivity contribution >= 4 is 23.1 Å². The van der Waals surface area contributed by atoms with Gasteiger partial charge >= 0.3 is 0 Å². The van der Waals surface area contributed by atoms with Crippen molar-refractivity contribution in [1.82, 2.24) is 10.2 Å². The first-order valence-corrected chi connectivity index (χ1v) is 7.35. The quantitative estimate of drug-likeness (QED) is 0.737. The Morgan fingerprint density at radius 2 is 2.24 bits per heavy atom.